The Kier molecular flexibility index (Phi) is 5.99. The zero-order chi connectivity index (χ0) is 27.2. The molecule has 0 N–H and O–H groups in total. The van der Waals surface area contributed by atoms with Gasteiger partial charge in [-0.2, -0.15) is 0 Å². The molecule has 3 unspecified atom stereocenters. The fourth-order valence-electron chi connectivity index (χ4n) is 6.92. The highest BCUT2D eigenvalue weighted by molar-refractivity contribution is 7.64. The van der Waals surface area contributed by atoms with Gasteiger partial charge in [0.1, 0.15) is 0 Å². The van der Waals surface area contributed by atoms with Crippen LogP contribution in [0.15, 0.2) is 127 Å². The van der Waals surface area contributed by atoms with E-state index in [1.54, 1.807) is 0 Å². The van der Waals surface area contributed by atoms with E-state index in [-0.39, 0.29) is 0 Å². The molecule has 0 nitrogen and oxygen atoms in total. The number of hydrogen-bond acceptors (Lipinski definition) is 0. The summed E-state index contributed by atoms with van der Waals surface area (Å²) < 4.78 is 0. The molecule has 0 aliphatic heterocycles. The predicted molar refractivity (Wildman–Crippen MR) is 175 cm³/mol. The van der Waals surface area contributed by atoms with Crippen molar-refractivity contribution in [2.24, 2.45) is 11.8 Å². The first-order valence-electron chi connectivity index (χ1n) is 14.5. The summed E-state index contributed by atoms with van der Waals surface area (Å²) in [4.78, 5) is 0. The second-order valence-corrected chi connectivity index (χ2v) is 13.3. The van der Waals surface area contributed by atoms with E-state index < -0.39 is 7.53 Å². The van der Waals surface area contributed by atoms with Crippen LogP contribution in [0.25, 0.3) is 45.2 Å². The molecule has 194 valence electrons. The lowest BCUT2D eigenvalue weighted by Gasteiger charge is -2.32. The van der Waals surface area contributed by atoms with E-state index in [0.717, 1.165) is 6.42 Å². The highest BCUT2D eigenvalue weighted by Gasteiger charge is 2.32. The second kappa shape index (κ2) is 10.1. The molecule has 5 aromatic carbocycles. The van der Waals surface area contributed by atoms with E-state index >= 15 is 0 Å². The molecule has 2 aliphatic rings. The smallest absolute Gasteiger partial charge is 0.00960 e. The standard InChI is InChI=1S/C40H29P/c1-4-12-28(13-5-1)32-20-22-39-37(26-32)38-27-33(21-23-40(38)41(39)34-18-8-3-9-19-34)36-25-31-17-11-10-16-30(31)24-35(36)29-14-6-2-7-15-29/h2-4,6-26,33,35-36H,27H2/t33?,35?,36-,41?/m1/s1. The van der Waals surface area contributed by atoms with Crippen LogP contribution < -0.4 is 10.4 Å². The highest BCUT2D eigenvalue weighted by atomic mass is 31.1. The minimum Gasteiger partial charge on any atom is -0.0795 e. The zero-order valence-electron chi connectivity index (χ0n) is 22.7. The van der Waals surface area contributed by atoms with Crippen LogP contribution in [0.2, 0.25) is 0 Å². The van der Waals surface area contributed by atoms with Crippen molar-refractivity contribution in [3.05, 3.63) is 166 Å². The zero-order valence-corrected chi connectivity index (χ0v) is 23.6. The molecule has 8 rings (SSSR count). The minimum absolute atomic E-state index is 0.349. The molecule has 0 spiro atoms. The maximum absolute atomic E-state index is 3.15. The maximum atomic E-state index is 3.15. The Labute approximate surface area is 242 Å². The third kappa shape index (κ3) is 4.26. The molecule has 0 amide bonds. The van der Waals surface area contributed by atoms with Gasteiger partial charge in [-0.1, -0.05) is 135 Å². The average Bonchev–Trinajstić information content (AvgIpc) is 3.38. The van der Waals surface area contributed by atoms with Gasteiger partial charge >= 0.3 is 0 Å². The van der Waals surface area contributed by atoms with Crippen LogP contribution in [-0.4, -0.2) is 0 Å². The van der Waals surface area contributed by atoms with E-state index in [0.29, 0.717) is 17.8 Å². The average molecular weight is 541 g/mol. The molecule has 0 bridgehead atoms. The largest absolute Gasteiger partial charge is 0.0795 e. The van der Waals surface area contributed by atoms with Gasteiger partial charge in [0.15, 0.2) is 0 Å². The topological polar surface area (TPSA) is 0 Å². The number of benzene rings is 4. The van der Waals surface area contributed by atoms with Crippen LogP contribution in [0.3, 0.4) is 0 Å². The Bertz CT molecular complexity index is 2010. The molecule has 6 aromatic rings. The Morgan fingerprint density at radius 2 is 1.44 bits per heavy atom. The third-order valence-corrected chi connectivity index (χ3v) is 11.5. The van der Waals surface area contributed by atoms with E-state index in [9.17, 15) is 0 Å². The molecular formula is C40H29P. The molecule has 0 saturated heterocycles. The third-order valence-electron chi connectivity index (χ3n) is 8.88. The molecule has 0 radical (unpaired) electrons. The fraction of sp³-hybridized carbons (Fsp3) is 0.100. The SMILES string of the molecule is c1ccc(-c2ccc3c(c2)c2c(p3-c3ccccc3)C=CC([C@H]3C=c4ccccc4=CC3c3ccccc3)C2)cc#1. The van der Waals surface area contributed by atoms with Crippen LogP contribution in [0.4, 0.5) is 0 Å². The molecular weight excluding hydrogens is 511 g/mol. The van der Waals surface area contributed by atoms with Crippen molar-refractivity contribution in [2.45, 2.75) is 12.3 Å². The highest BCUT2D eigenvalue weighted by Crippen LogP contribution is 2.57. The van der Waals surface area contributed by atoms with Gasteiger partial charge in [0.2, 0.25) is 0 Å². The minimum atomic E-state index is -0.568. The van der Waals surface area contributed by atoms with E-state index in [1.165, 1.54) is 53.8 Å². The van der Waals surface area contributed by atoms with Crippen LogP contribution in [0, 0.1) is 24.0 Å². The summed E-state index contributed by atoms with van der Waals surface area (Å²) >= 11 is 0. The van der Waals surface area contributed by atoms with Gasteiger partial charge in [0.05, 0.1) is 0 Å². The summed E-state index contributed by atoms with van der Waals surface area (Å²) in [6.45, 7) is 0. The van der Waals surface area contributed by atoms with E-state index in [2.05, 4.69) is 146 Å². The molecule has 2 aliphatic carbocycles. The monoisotopic (exact) mass is 540 g/mol. The quantitative estimate of drug-likeness (QED) is 0.209. The molecule has 4 atom stereocenters. The lowest BCUT2D eigenvalue weighted by Crippen LogP contribution is -2.35. The van der Waals surface area contributed by atoms with Gasteiger partial charge in [-0.15, -0.1) is 0 Å². The summed E-state index contributed by atoms with van der Waals surface area (Å²) in [6, 6.07) is 50.5. The van der Waals surface area contributed by atoms with Crippen molar-refractivity contribution >= 4 is 36.3 Å². The summed E-state index contributed by atoms with van der Waals surface area (Å²) in [6.07, 6.45) is 11.1. The summed E-state index contributed by atoms with van der Waals surface area (Å²) in [5.41, 5.74) is 5.39. The van der Waals surface area contributed by atoms with Crippen molar-refractivity contribution in [3.8, 4) is 16.4 Å². The normalized spacial score (nSPS) is 19.4. The number of allylic oxidation sites excluding steroid dienone is 1. The van der Waals surface area contributed by atoms with Crippen molar-refractivity contribution < 1.29 is 0 Å². The summed E-state index contributed by atoms with van der Waals surface area (Å²) in [7, 11) is -0.568. The lowest BCUT2D eigenvalue weighted by atomic mass is 9.71. The van der Waals surface area contributed by atoms with Crippen molar-refractivity contribution in [1.82, 2.24) is 0 Å². The lowest BCUT2D eigenvalue weighted by molar-refractivity contribution is 0.464. The fourth-order valence-corrected chi connectivity index (χ4v) is 9.59. The summed E-state index contributed by atoms with van der Waals surface area (Å²) in [5, 5.41) is 8.58. The molecule has 41 heavy (non-hydrogen) atoms. The first-order chi connectivity index (χ1) is 20.3. The summed E-state index contributed by atoms with van der Waals surface area (Å²) in [5.74, 6) is 1.17. The van der Waals surface area contributed by atoms with Gasteiger partial charge in [0, 0.05) is 16.3 Å². The van der Waals surface area contributed by atoms with Crippen LogP contribution >= 0.6 is 7.53 Å². The van der Waals surface area contributed by atoms with Gasteiger partial charge in [-0.3, -0.25) is 0 Å². The Morgan fingerprint density at radius 1 is 0.683 bits per heavy atom. The van der Waals surface area contributed by atoms with Crippen LogP contribution in [-0.2, 0) is 6.42 Å². The predicted octanol–water partition coefficient (Wildman–Crippen LogP) is 8.94. The van der Waals surface area contributed by atoms with E-state index in [4.69, 9.17) is 0 Å². The van der Waals surface area contributed by atoms with Gasteiger partial charge < -0.3 is 0 Å². The Hall–Kier alpha value is -4.56. The second-order valence-electron chi connectivity index (χ2n) is 11.2. The van der Waals surface area contributed by atoms with Crippen molar-refractivity contribution in [2.75, 3.05) is 0 Å². The molecule has 1 heteroatoms. The molecule has 1 heterocycles. The van der Waals surface area contributed by atoms with Gasteiger partial charge in [-0.05, 0) is 92.0 Å². The molecule has 1 aromatic heterocycles. The van der Waals surface area contributed by atoms with E-state index in [1.807, 2.05) is 12.1 Å². The van der Waals surface area contributed by atoms with Crippen LogP contribution in [0.5, 0.6) is 0 Å². The van der Waals surface area contributed by atoms with Crippen molar-refractivity contribution in [1.29, 1.82) is 0 Å². The van der Waals surface area contributed by atoms with Gasteiger partial charge in [0.25, 0.3) is 0 Å². The first kappa shape index (κ1) is 24.3. The Morgan fingerprint density at radius 3 is 2.22 bits per heavy atom. The number of hydrogen-bond donors (Lipinski definition) is 0. The molecule has 0 fully saturated rings. The maximum Gasteiger partial charge on any atom is 0.00960 e. The molecule has 0 saturated carbocycles. The van der Waals surface area contributed by atoms with Crippen LogP contribution in [0.1, 0.15) is 22.3 Å². The number of fused-ring (bicyclic) bond motifs is 4. The number of rotatable bonds is 4. The van der Waals surface area contributed by atoms with Gasteiger partial charge in [-0.25, -0.2) is 0 Å². The van der Waals surface area contributed by atoms with Crippen molar-refractivity contribution in [3.63, 3.8) is 0 Å². The Balaban J connectivity index is 1.29. The first-order valence-corrected chi connectivity index (χ1v) is 15.8.